The van der Waals surface area contributed by atoms with Gasteiger partial charge in [0.1, 0.15) is 5.82 Å². The van der Waals surface area contributed by atoms with Crippen LogP contribution in [-0.2, 0) is 10.7 Å². The maximum Gasteiger partial charge on any atom is 0.219 e. The second kappa shape index (κ2) is 5.05. The van der Waals surface area contributed by atoms with Gasteiger partial charge in [0.2, 0.25) is 5.91 Å². The van der Waals surface area contributed by atoms with E-state index >= 15 is 0 Å². The molecule has 1 aliphatic heterocycles. The van der Waals surface area contributed by atoms with Gasteiger partial charge < -0.3 is 4.90 Å². The van der Waals surface area contributed by atoms with E-state index in [-0.39, 0.29) is 17.8 Å². The highest BCUT2D eigenvalue weighted by atomic mass is 35.5. The Kier molecular flexibility index (Phi) is 3.67. The van der Waals surface area contributed by atoms with Gasteiger partial charge in [0, 0.05) is 24.9 Å². The minimum absolute atomic E-state index is 0.00770. The summed E-state index contributed by atoms with van der Waals surface area (Å²) >= 11 is 5.66. The van der Waals surface area contributed by atoms with Crippen molar-refractivity contribution in [3.05, 3.63) is 35.1 Å². The average Bonchev–Trinajstić information content (AvgIpc) is 2.77. The number of hydrogen-bond acceptors (Lipinski definition) is 1. The zero-order valence-corrected chi connectivity index (χ0v) is 10.5. The van der Waals surface area contributed by atoms with Crippen LogP contribution < -0.4 is 0 Å². The number of nitrogens with zero attached hydrogens (tertiary/aromatic N) is 1. The lowest BCUT2D eigenvalue weighted by molar-refractivity contribution is -0.129. The fourth-order valence-electron chi connectivity index (χ4n) is 2.39. The molecule has 0 radical (unpaired) electrons. The van der Waals surface area contributed by atoms with Gasteiger partial charge in [-0.3, -0.25) is 4.79 Å². The van der Waals surface area contributed by atoms with E-state index in [1.165, 1.54) is 13.0 Å². The first-order chi connectivity index (χ1) is 8.13. The van der Waals surface area contributed by atoms with Crippen LogP contribution in [-0.4, -0.2) is 17.4 Å². The van der Waals surface area contributed by atoms with Crippen molar-refractivity contribution < 1.29 is 9.18 Å². The minimum atomic E-state index is -0.263. The summed E-state index contributed by atoms with van der Waals surface area (Å²) in [4.78, 5) is 13.2. The zero-order valence-electron chi connectivity index (χ0n) is 9.75. The topological polar surface area (TPSA) is 20.3 Å². The molecule has 4 heteroatoms. The molecule has 0 aliphatic carbocycles. The van der Waals surface area contributed by atoms with Crippen molar-refractivity contribution in [1.29, 1.82) is 0 Å². The van der Waals surface area contributed by atoms with Gasteiger partial charge in [-0.15, -0.1) is 11.6 Å². The van der Waals surface area contributed by atoms with Crippen LogP contribution in [0.15, 0.2) is 18.2 Å². The summed E-state index contributed by atoms with van der Waals surface area (Å²) in [5.41, 5.74) is 1.37. The second-order valence-corrected chi connectivity index (χ2v) is 4.63. The molecule has 1 heterocycles. The number of carbonyl (C=O) groups excluding carboxylic acids is 1. The molecule has 92 valence electrons. The monoisotopic (exact) mass is 255 g/mol. The van der Waals surface area contributed by atoms with E-state index in [1.807, 2.05) is 6.07 Å². The van der Waals surface area contributed by atoms with E-state index < -0.39 is 0 Å². The molecule has 0 saturated carbocycles. The first-order valence-electron chi connectivity index (χ1n) is 5.75. The summed E-state index contributed by atoms with van der Waals surface area (Å²) < 4.78 is 13.9. The van der Waals surface area contributed by atoms with Crippen molar-refractivity contribution in [2.24, 2.45) is 0 Å². The van der Waals surface area contributed by atoms with Crippen LogP contribution in [0.5, 0.6) is 0 Å². The lowest BCUT2D eigenvalue weighted by atomic mass is 10.0. The van der Waals surface area contributed by atoms with Crippen LogP contribution in [0.1, 0.15) is 36.9 Å². The van der Waals surface area contributed by atoms with E-state index in [0.717, 1.165) is 24.9 Å². The number of amides is 1. The summed E-state index contributed by atoms with van der Waals surface area (Å²) in [5, 5.41) is 0. The minimum Gasteiger partial charge on any atom is -0.336 e. The Morgan fingerprint density at radius 3 is 2.94 bits per heavy atom. The van der Waals surface area contributed by atoms with Gasteiger partial charge in [-0.25, -0.2) is 4.39 Å². The average molecular weight is 256 g/mol. The summed E-state index contributed by atoms with van der Waals surface area (Å²) in [6.45, 7) is 2.25. The molecule has 0 N–H and O–H groups in total. The first kappa shape index (κ1) is 12.4. The Balaban J connectivity index is 2.30. The van der Waals surface area contributed by atoms with Gasteiger partial charge in [-0.2, -0.15) is 0 Å². The lowest BCUT2D eigenvalue weighted by Crippen LogP contribution is -2.28. The maximum atomic E-state index is 13.9. The van der Waals surface area contributed by atoms with Gasteiger partial charge >= 0.3 is 0 Å². The van der Waals surface area contributed by atoms with Crippen molar-refractivity contribution in [3.63, 3.8) is 0 Å². The third-order valence-electron chi connectivity index (χ3n) is 3.24. The largest absolute Gasteiger partial charge is 0.336 e. The van der Waals surface area contributed by atoms with Gasteiger partial charge in [0.15, 0.2) is 0 Å². The molecule has 1 atom stereocenters. The van der Waals surface area contributed by atoms with Crippen LogP contribution in [0.25, 0.3) is 0 Å². The summed E-state index contributed by atoms with van der Waals surface area (Å²) in [6.07, 6.45) is 1.76. The molecule has 2 nitrogen and oxygen atoms in total. The number of rotatable bonds is 2. The fraction of sp³-hybridized carbons (Fsp3) is 0.462. The molecule has 0 spiro atoms. The Bertz CT molecular complexity index is 435. The summed E-state index contributed by atoms with van der Waals surface area (Å²) in [6, 6.07) is 4.91. The summed E-state index contributed by atoms with van der Waals surface area (Å²) in [7, 11) is 0. The van der Waals surface area contributed by atoms with E-state index in [1.54, 1.807) is 11.0 Å². The highest BCUT2D eigenvalue weighted by Gasteiger charge is 2.29. The van der Waals surface area contributed by atoms with E-state index in [4.69, 9.17) is 11.6 Å². The number of likely N-dealkylation sites (tertiary alicyclic amines) is 1. The van der Waals surface area contributed by atoms with Crippen LogP contribution in [0.4, 0.5) is 4.39 Å². The maximum absolute atomic E-state index is 13.9. The first-order valence-corrected chi connectivity index (χ1v) is 6.28. The number of carbonyl (C=O) groups is 1. The molecular weight excluding hydrogens is 241 g/mol. The second-order valence-electron chi connectivity index (χ2n) is 4.36. The van der Waals surface area contributed by atoms with E-state index in [2.05, 4.69) is 0 Å². The third-order valence-corrected chi connectivity index (χ3v) is 3.54. The highest BCUT2D eigenvalue weighted by molar-refractivity contribution is 6.17. The Morgan fingerprint density at radius 2 is 2.35 bits per heavy atom. The van der Waals surface area contributed by atoms with Crippen LogP contribution in [0, 0.1) is 5.82 Å². The van der Waals surface area contributed by atoms with Crippen LogP contribution in [0.2, 0.25) is 0 Å². The molecule has 1 unspecified atom stereocenters. The number of halogens is 2. The van der Waals surface area contributed by atoms with Crippen LogP contribution in [0.3, 0.4) is 0 Å². The molecule has 1 saturated heterocycles. The molecule has 0 aromatic heterocycles. The molecule has 2 rings (SSSR count). The van der Waals surface area contributed by atoms with Crippen LogP contribution >= 0.6 is 11.6 Å². The Morgan fingerprint density at radius 1 is 1.59 bits per heavy atom. The lowest BCUT2D eigenvalue weighted by Gasteiger charge is -2.24. The molecule has 1 fully saturated rings. The normalized spacial score (nSPS) is 19.7. The molecule has 1 aliphatic rings. The van der Waals surface area contributed by atoms with Gasteiger partial charge in [0.25, 0.3) is 0 Å². The van der Waals surface area contributed by atoms with Crippen molar-refractivity contribution >= 4 is 17.5 Å². The predicted octanol–water partition coefficient (Wildman–Crippen LogP) is 3.25. The van der Waals surface area contributed by atoms with Gasteiger partial charge in [-0.05, 0) is 24.5 Å². The fourth-order valence-corrected chi connectivity index (χ4v) is 2.56. The molecule has 1 amide bonds. The van der Waals surface area contributed by atoms with Gasteiger partial charge in [-0.1, -0.05) is 12.1 Å². The zero-order chi connectivity index (χ0) is 12.4. The standard InChI is InChI=1S/C13H15ClFNO/c1-9(17)16-6-2-3-13(16)11-5-4-10(8-14)7-12(11)15/h4-5,7,13H,2-3,6,8H2,1H3. The smallest absolute Gasteiger partial charge is 0.219 e. The number of hydrogen-bond donors (Lipinski definition) is 0. The van der Waals surface area contributed by atoms with Crippen molar-refractivity contribution in [1.82, 2.24) is 4.90 Å². The molecule has 1 aromatic carbocycles. The quantitative estimate of drug-likeness (QED) is 0.743. The van der Waals surface area contributed by atoms with E-state index in [0.29, 0.717) is 11.4 Å². The Hall–Kier alpha value is -1.09. The highest BCUT2D eigenvalue weighted by Crippen LogP contribution is 2.33. The third kappa shape index (κ3) is 2.44. The number of benzene rings is 1. The molecular formula is C13H15ClFNO. The molecule has 0 bridgehead atoms. The summed E-state index contributed by atoms with van der Waals surface area (Å²) in [5.74, 6) is 0.0489. The van der Waals surface area contributed by atoms with Gasteiger partial charge in [0.05, 0.1) is 6.04 Å². The van der Waals surface area contributed by atoms with Crippen molar-refractivity contribution in [2.45, 2.75) is 31.7 Å². The molecule has 1 aromatic rings. The molecule has 17 heavy (non-hydrogen) atoms. The van der Waals surface area contributed by atoms with Crippen molar-refractivity contribution in [3.8, 4) is 0 Å². The number of alkyl halides is 1. The van der Waals surface area contributed by atoms with E-state index in [9.17, 15) is 9.18 Å². The Labute approximate surface area is 105 Å². The SMILES string of the molecule is CC(=O)N1CCCC1c1ccc(CCl)cc1F. The predicted molar refractivity (Wildman–Crippen MR) is 65.3 cm³/mol. The van der Waals surface area contributed by atoms with Crippen molar-refractivity contribution in [2.75, 3.05) is 6.54 Å².